The van der Waals surface area contributed by atoms with Gasteiger partial charge < -0.3 is 0 Å². The smallest absolute Gasteiger partial charge is 0.172 e. The maximum Gasteiger partial charge on any atom is 0.172 e. The van der Waals surface area contributed by atoms with Gasteiger partial charge in [0, 0.05) is 6.42 Å². The van der Waals surface area contributed by atoms with Gasteiger partial charge in [0.2, 0.25) is 0 Å². The molecule has 4 nitrogen and oxygen atoms in total. The van der Waals surface area contributed by atoms with Gasteiger partial charge >= 0.3 is 0 Å². The predicted octanol–water partition coefficient (Wildman–Crippen LogP) is 2.81. The van der Waals surface area contributed by atoms with Crippen LogP contribution in [0.2, 0.25) is 0 Å². The first-order valence-electron chi connectivity index (χ1n) is 6.47. The van der Waals surface area contributed by atoms with Gasteiger partial charge in [-0.2, -0.15) is 0 Å². The van der Waals surface area contributed by atoms with Crippen LogP contribution in [0.25, 0.3) is 5.69 Å². The van der Waals surface area contributed by atoms with Crippen LogP contribution in [0.15, 0.2) is 54.6 Å². The van der Waals surface area contributed by atoms with Crippen molar-refractivity contribution in [1.29, 1.82) is 0 Å². The normalized spacial score (nSPS) is 10.5. The third kappa shape index (κ3) is 2.72. The second-order valence-electron chi connectivity index (χ2n) is 4.59. The Morgan fingerprint density at radius 1 is 1.05 bits per heavy atom. The van der Waals surface area contributed by atoms with E-state index in [1.54, 1.807) is 16.8 Å². The summed E-state index contributed by atoms with van der Waals surface area (Å²) in [5.41, 5.74) is 2.69. The molecule has 0 spiro atoms. The van der Waals surface area contributed by atoms with E-state index in [-0.39, 0.29) is 5.82 Å². The first-order valence-corrected chi connectivity index (χ1v) is 6.47. The fraction of sp³-hybridized carbons (Fsp3) is 0.0625. The van der Waals surface area contributed by atoms with Crippen molar-refractivity contribution < 1.29 is 9.18 Å². The molecule has 21 heavy (non-hydrogen) atoms. The number of halogens is 1. The molecule has 0 aliphatic heterocycles. The zero-order valence-electron chi connectivity index (χ0n) is 11.1. The van der Waals surface area contributed by atoms with Crippen LogP contribution < -0.4 is 0 Å². The number of carbonyl (C=O) groups excluding carboxylic acids is 1. The van der Waals surface area contributed by atoms with Crippen molar-refractivity contribution in [1.82, 2.24) is 15.0 Å². The van der Waals surface area contributed by atoms with E-state index in [1.807, 2.05) is 30.3 Å². The molecule has 0 saturated carbocycles. The molecule has 0 fully saturated rings. The number of hydrogen-bond acceptors (Lipinski definition) is 3. The lowest BCUT2D eigenvalue weighted by Gasteiger charge is -2.07. The van der Waals surface area contributed by atoms with Crippen LogP contribution in [0.5, 0.6) is 0 Å². The van der Waals surface area contributed by atoms with Gasteiger partial charge in [0.1, 0.15) is 11.5 Å². The molecule has 1 aromatic heterocycles. The second kappa shape index (κ2) is 5.66. The summed E-state index contributed by atoms with van der Waals surface area (Å²) >= 11 is 0. The lowest BCUT2D eigenvalue weighted by molar-refractivity contribution is 0.111. The minimum atomic E-state index is -0.320. The van der Waals surface area contributed by atoms with Crippen LogP contribution in [0.4, 0.5) is 4.39 Å². The third-order valence-electron chi connectivity index (χ3n) is 3.19. The molecular formula is C16H12FN3O. The Hall–Kier alpha value is -2.82. The van der Waals surface area contributed by atoms with E-state index in [0.29, 0.717) is 29.8 Å². The topological polar surface area (TPSA) is 47.8 Å². The Bertz CT molecular complexity index is 751. The third-order valence-corrected chi connectivity index (χ3v) is 3.19. The molecule has 5 heteroatoms. The van der Waals surface area contributed by atoms with Crippen molar-refractivity contribution in [3.8, 4) is 5.69 Å². The van der Waals surface area contributed by atoms with Crippen molar-refractivity contribution in [2.24, 2.45) is 0 Å². The summed E-state index contributed by atoms with van der Waals surface area (Å²) in [5.74, 6) is -0.320. The molecule has 0 radical (unpaired) electrons. The summed E-state index contributed by atoms with van der Waals surface area (Å²) in [5, 5.41) is 7.88. The van der Waals surface area contributed by atoms with Crippen LogP contribution in [0, 0.1) is 5.82 Å². The molecular weight excluding hydrogens is 269 g/mol. The van der Waals surface area contributed by atoms with E-state index in [0.717, 1.165) is 5.56 Å². The first kappa shape index (κ1) is 13.2. The zero-order valence-corrected chi connectivity index (χ0v) is 11.1. The Kier molecular flexibility index (Phi) is 3.55. The van der Waals surface area contributed by atoms with E-state index in [9.17, 15) is 9.18 Å². The quantitative estimate of drug-likeness (QED) is 0.691. The summed E-state index contributed by atoms with van der Waals surface area (Å²) in [7, 11) is 0. The molecule has 104 valence electrons. The molecule has 3 rings (SSSR count). The SMILES string of the molecule is O=Cc1nnn(-c2ccc(F)cc2)c1Cc1ccccc1. The largest absolute Gasteiger partial charge is 0.296 e. The maximum atomic E-state index is 13.0. The minimum absolute atomic E-state index is 0.295. The highest BCUT2D eigenvalue weighted by Crippen LogP contribution is 2.16. The number of aromatic nitrogens is 3. The van der Waals surface area contributed by atoms with Gasteiger partial charge in [-0.25, -0.2) is 9.07 Å². The fourth-order valence-corrected chi connectivity index (χ4v) is 2.15. The summed E-state index contributed by atoms with van der Waals surface area (Å²) in [6.45, 7) is 0. The summed E-state index contributed by atoms with van der Waals surface area (Å²) in [6, 6.07) is 15.6. The highest BCUT2D eigenvalue weighted by atomic mass is 19.1. The molecule has 0 saturated heterocycles. The van der Waals surface area contributed by atoms with Crippen LogP contribution in [-0.4, -0.2) is 21.3 Å². The Labute approximate surface area is 120 Å². The molecule has 3 aromatic rings. The molecule has 0 bridgehead atoms. The van der Waals surface area contributed by atoms with E-state index in [1.165, 1.54) is 12.1 Å². The van der Waals surface area contributed by atoms with Crippen molar-refractivity contribution >= 4 is 6.29 Å². The lowest BCUT2D eigenvalue weighted by Crippen LogP contribution is -2.04. The second-order valence-corrected chi connectivity index (χ2v) is 4.59. The lowest BCUT2D eigenvalue weighted by atomic mass is 10.1. The van der Waals surface area contributed by atoms with Crippen molar-refractivity contribution in [3.63, 3.8) is 0 Å². The Morgan fingerprint density at radius 3 is 2.43 bits per heavy atom. The van der Waals surface area contributed by atoms with Gasteiger partial charge in [-0.05, 0) is 29.8 Å². The van der Waals surface area contributed by atoms with Crippen LogP contribution in [0.1, 0.15) is 21.7 Å². The van der Waals surface area contributed by atoms with E-state index in [4.69, 9.17) is 0 Å². The van der Waals surface area contributed by atoms with Gasteiger partial charge in [-0.15, -0.1) is 5.10 Å². The van der Waals surface area contributed by atoms with Crippen molar-refractivity contribution in [2.75, 3.05) is 0 Å². The maximum absolute atomic E-state index is 13.0. The predicted molar refractivity (Wildman–Crippen MR) is 76.0 cm³/mol. The average Bonchev–Trinajstić information content (AvgIpc) is 2.92. The molecule has 0 aliphatic rings. The number of hydrogen-bond donors (Lipinski definition) is 0. The van der Waals surface area contributed by atoms with Gasteiger partial charge in [0.15, 0.2) is 6.29 Å². The molecule has 0 amide bonds. The molecule has 1 heterocycles. The number of carbonyl (C=O) groups is 1. The van der Waals surface area contributed by atoms with Gasteiger partial charge in [-0.1, -0.05) is 35.5 Å². The highest BCUT2D eigenvalue weighted by molar-refractivity contribution is 5.73. The standard InChI is InChI=1S/C16H12FN3O/c17-13-6-8-14(9-7-13)20-16(15(11-21)18-19-20)10-12-4-2-1-3-5-12/h1-9,11H,10H2. The van der Waals surface area contributed by atoms with Gasteiger partial charge in [0.05, 0.1) is 11.4 Å². The van der Waals surface area contributed by atoms with Crippen LogP contribution >= 0.6 is 0 Å². The molecule has 0 aliphatic carbocycles. The summed E-state index contributed by atoms with van der Waals surface area (Å²) in [4.78, 5) is 11.1. The molecule has 0 atom stereocenters. The fourth-order valence-electron chi connectivity index (χ4n) is 2.15. The van der Waals surface area contributed by atoms with Gasteiger partial charge in [0.25, 0.3) is 0 Å². The van der Waals surface area contributed by atoms with Crippen molar-refractivity contribution in [3.05, 3.63) is 77.4 Å². The number of nitrogens with zero attached hydrogens (tertiary/aromatic N) is 3. The summed E-state index contributed by atoms with van der Waals surface area (Å²) < 4.78 is 14.6. The number of benzene rings is 2. The Balaban J connectivity index is 2.04. The number of rotatable bonds is 4. The van der Waals surface area contributed by atoms with Crippen LogP contribution in [-0.2, 0) is 6.42 Å². The molecule has 0 N–H and O–H groups in total. The first-order chi connectivity index (χ1) is 10.3. The molecule has 2 aromatic carbocycles. The highest BCUT2D eigenvalue weighted by Gasteiger charge is 2.14. The van der Waals surface area contributed by atoms with Crippen LogP contribution in [0.3, 0.4) is 0 Å². The van der Waals surface area contributed by atoms with E-state index < -0.39 is 0 Å². The minimum Gasteiger partial charge on any atom is -0.296 e. The monoisotopic (exact) mass is 281 g/mol. The summed E-state index contributed by atoms with van der Waals surface area (Å²) in [6.07, 6.45) is 1.21. The average molecular weight is 281 g/mol. The number of aldehydes is 1. The van der Waals surface area contributed by atoms with E-state index in [2.05, 4.69) is 10.3 Å². The molecule has 0 unspecified atom stereocenters. The van der Waals surface area contributed by atoms with E-state index >= 15 is 0 Å². The Morgan fingerprint density at radius 2 is 1.76 bits per heavy atom. The van der Waals surface area contributed by atoms with Gasteiger partial charge in [-0.3, -0.25) is 4.79 Å². The van der Waals surface area contributed by atoms with Crippen molar-refractivity contribution in [2.45, 2.75) is 6.42 Å². The zero-order chi connectivity index (χ0) is 14.7.